The molecular formula is C12H17BrN2OS. The fraction of sp³-hybridized carbons (Fsp3) is 0.417. The molecule has 1 amide bonds. The maximum atomic E-state index is 12.0. The minimum Gasteiger partial charge on any atom is -0.398 e. The number of carbonyl (C=O) groups is 1. The van der Waals surface area contributed by atoms with Crippen LogP contribution in [-0.2, 0) is 0 Å². The maximum Gasteiger partial charge on any atom is 0.252 e. The lowest BCUT2D eigenvalue weighted by Gasteiger charge is -2.14. The van der Waals surface area contributed by atoms with E-state index >= 15 is 0 Å². The molecule has 0 radical (unpaired) electrons. The molecule has 3 nitrogen and oxygen atoms in total. The smallest absolute Gasteiger partial charge is 0.252 e. The molecule has 1 unspecified atom stereocenters. The highest BCUT2D eigenvalue weighted by atomic mass is 79.9. The highest BCUT2D eigenvalue weighted by Crippen LogP contribution is 2.23. The molecule has 0 aliphatic carbocycles. The lowest BCUT2D eigenvalue weighted by molar-refractivity contribution is 0.0943. The summed E-state index contributed by atoms with van der Waals surface area (Å²) in [6, 6.07) is 5.45. The minimum absolute atomic E-state index is 0.0895. The van der Waals surface area contributed by atoms with E-state index in [4.69, 9.17) is 5.73 Å². The number of nitrogen functional groups attached to an aromatic ring is 1. The van der Waals surface area contributed by atoms with Gasteiger partial charge in [-0.15, -0.1) is 0 Å². The van der Waals surface area contributed by atoms with Gasteiger partial charge in [0.15, 0.2) is 0 Å². The van der Waals surface area contributed by atoms with E-state index in [9.17, 15) is 4.79 Å². The van der Waals surface area contributed by atoms with Crippen molar-refractivity contribution >= 4 is 39.3 Å². The molecule has 5 heteroatoms. The van der Waals surface area contributed by atoms with Crippen LogP contribution >= 0.6 is 27.7 Å². The molecule has 94 valence electrons. The Labute approximate surface area is 115 Å². The molecule has 0 aromatic heterocycles. The second-order valence-corrected chi connectivity index (χ2v) is 5.85. The second-order valence-electron chi connectivity index (χ2n) is 3.74. The average molecular weight is 317 g/mol. The number of amides is 1. The van der Waals surface area contributed by atoms with Gasteiger partial charge in [0.05, 0.1) is 10.0 Å². The Balaban J connectivity index is 2.67. The van der Waals surface area contributed by atoms with Crippen molar-refractivity contribution < 1.29 is 4.79 Å². The van der Waals surface area contributed by atoms with E-state index in [1.54, 1.807) is 18.2 Å². The normalized spacial score (nSPS) is 12.2. The van der Waals surface area contributed by atoms with Gasteiger partial charge in [0.1, 0.15) is 0 Å². The third-order valence-electron chi connectivity index (χ3n) is 2.22. The zero-order valence-corrected chi connectivity index (χ0v) is 12.4. The Bertz CT molecular complexity index is 398. The van der Waals surface area contributed by atoms with Crippen LogP contribution in [0.1, 0.15) is 24.2 Å². The van der Waals surface area contributed by atoms with Gasteiger partial charge in [-0.25, -0.2) is 0 Å². The number of rotatable bonds is 5. The first kappa shape index (κ1) is 14.4. The minimum atomic E-state index is -0.0895. The topological polar surface area (TPSA) is 55.1 Å². The Morgan fingerprint density at radius 1 is 1.59 bits per heavy atom. The molecule has 1 atom stereocenters. The SMILES string of the molecule is CCSCC(C)NC(=O)c1cccc(N)c1Br. The molecule has 0 aliphatic rings. The van der Waals surface area contributed by atoms with Crippen LogP contribution in [0, 0.1) is 0 Å². The van der Waals surface area contributed by atoms with Crippen molar-refractivity contribution in [2.45, 2.75) is 19.9 Å². The van der Waals surface area contributed by atoms with Gasteiger partial charge in [-0.1, -0.05) is 13.0 Å². The first-order valence-corrected chi connectivity index (χ1v) is 7.43. The van der Waals surface area contributed by atoms with Crippen LogP contribution in [0.3, 0.4) is 0 Å². The molecule has 1 aromatic rings. The van der Waals surface area contributed by atoms with Crippen LogP contribution in [0.4, 0.5) is 5.69 Å². The Morgan fingerprint density at radius 2 is 2.29 bits per heavy atom. The van der Waals surface area contributed by atoms with Crippen LogP contribution in [0.15, 0.2) is 22.7 Å². The maximum absolute atomic E-state index is 12.0. The predicted octanol–water partition coefficient (Wildman–Crippen LogP) is 2.90. The molecule has 0 spiro atoms. The summed E-state index contributed by atoms with van der Waals surface area (Å²) >= 11 is 5.14. The van der Waals surface area contributed by atoms with Crippen LogP contribution in [0.2, 0.25) is 0 Å². The zero-order chi connectivity index (χ0) is 12.8. The van der Waals surface area contributed by atoms with Crippen molar-refractivity contribution in [3.05, 3.63) is 28.2 Å². The van der Waals surface area contributed by atoms with Gasteiger partial charge in [-0.05, 0) is 40.7 Å². The van der Waals surface area contributed by atoms with E-state index in [1.807, 2.05) is 18.7 Å². The summed E-state index contributed by atoms with van der Waals surface area (Å²) in [5, 5.41) is 2.95. The van der Waals surface area contributed by atoms with Gasteiger partial charge in [0, 0.05) is 17.5 Å². The lowest BCUT2D eigenvalue weighted by atomic mass is 10.2. The largest absolute Gasteiger partial charge is 0.398 e. The Morgan fingerprint density at radius 3 is 2.94 bits per heavy atom. The van der Waals surface area contributed by atoms with Crippen molar-refractivity contribution in [2.75, 3.05) is 17.2 Å². The third-order valence-corrected chi connectivity index (χ3v) is 4.25. The van der Waals surface area contributed by atoms with Gasteiger partial charge in [-0.3, -0.25) is 4.79 Å². The molecule has 0 heterocycles. The van der Waals surface area contributed by atoms with Gasteiger partial charge in [-0.2, -0.15) is 11.8 Å². The average Bonchev–Trinajstić information content (AvgIpc) is 2.29. The van der Waals surface area contributed by atoms with Crippen LogP contribution < -0.4 is 11.1 Å². The number of nitrogens with one attached hydrogen (secondary N) is 1. The van der Waals surface area contributed by atoms with E-state index in [0.29, 0.717) is 15.7 Å². The first-order chi connectivity index (χ1) is 8.06. The molecule has 0 saturated heterocycles. The van der Waals surface area contributed by atoms with Crippen molar-refractivity contribution in [3.63, 3.8) is 0 Å². The monoisotopic (exact) mass is 316 g/mol. The summed E-state index contributed by atoms with van der Waals surface area (Å²) in [7, 11) is 0. The number of nitrogens with two attached hydrogens (primary N) is 1. The summed E-state index contributed by atoms with van der Waals surface area (Å²) in [4.78, 5) is 12.0. The first-order valence-electron chi connectivity index (χ1n) is 5.48. The molecule has 1 rings (SSSR count). The fourth-order valence-electron chi connectivity index (χ4n) is 1.36. The number of halogens is 1. The van der Waals surface area contributed by atoms with Crippen LogP contribution in [0.5, 0.6) is 0 Å². The summed E-state index contributed by atoms with van der Waals surface area (Å²) in [5.41, 5.74) is 6.90. The summed E-state index contributed by atoms with van der Waals surface area (Å²) < 4.78 is 0.660. The van der Waals surface area contributed by atoms with E-state index in [0.717, 1.165) is 11.5 Å². The molecule has 1 aromatic carbocycles. The molecule has 17 heavy (non-hydrogen) atoms. The van der Waals surface area contributed by atoms with Crippen LogP contribution in [-0.4, -0.2) is 23.5 Å². The van der Waals surface area contributed by atoms with Crippen molar-refractivity contribution in [2.24, 2.45) is 0 Å². The second kappa shape index (κ2) is 6.91. The molecule has 0 aliphatic heterocycles. The number of anilines is 1. The quantitative estimate of drug-likeness (QED) is 0.821. The van der Waals surface area contributed by atoms with Gasteiger partial charge < -0.3 is 11.1 Å². The zero-order valence-electron chi connectivity index (χ0n) is 10.00. The van der Waals surface area contributed by atoms with E-state index in [1.165, 1.54) is 0 Å². The lowest BCUT2D eigenvalue weighted by Crippen LogP contribution is -2.34. The van der Waals surface area contributed by atoms with E-state index < -0.39 is 0 Å². The Kier molecular flexibility index (Phi) is 5.85. The van der Waals surface area contributed by atoms with Crippen LogP contribution in [0.25, 0.3) is 0 Å². The highest BCUT2D eigenvalue weighted by molar-refractivity contribution is 9.10. The van der Waals surface area contributed by atoms with Crippen molar-refractivity contribution in [1.29, 1.82) is 0 Å². The van der Waals surface area contributed by atoms with Crippen molar-refractivity contribution in [3.8, 4) is 0 Å². The molecule has 0 saturated carbocycles. The standard InChI is InChI=1S/C12H17BrN2OS/c1-3-17-7-8(2)15-12(16)9-5-4-6-10(14)11(9)13/h4-6,8H,3,7,14H2,1-2H3,(H,15,16). The molecule has 3 N–H and O–H groups in total. The number of carbonyl (C=O) groups excluding carboxylic acids is 1. The van der Waals surface area contributed by atoms with Gasteiger partial charge in [0.25, 0.3) is 5.91 Å². The molecule has 0 fully saturated rings. The predicted molar refractivity (Wildman–Crippen MR) is 78.5 cm³/mol. The van der Waals surface area contributed by atoms with E-state index in [-0.39, 0.29) is 11.9 Å². The number of hydrogen-bond acceptors (Lipinski definition) is 3. The van der Waals surface area contributed by atoms with Crippen molar-refractivity contribution in [1.82, 2.24) is 5.32 Å². The van der Waals surface area contributed by atoms with E-state index in [2.05, 4.69) is 28.2 Å². The van der Waals surface area contributed by atoms with Gasteiger partial charge >= 0.3 is 0 Å². The third kappa shape index (κ3) is 4.24. The highest BCUT2D eigenvalue weighted by Gasteiger charge is 2.13. The Hall–Kier alpha value is -0.680. The summed E-state index contributed by atoms with van der Waals surface area (Å²) in [5.74, 6) is 1.89. The van der Waals surface area contributed by atoms with Gasteiger partial charge in [0.2, 0.25) is 0 Å². The number of hydrogen-bond donors (Lipinski definition) is 2. The summed E-state index contributed by atoms with van der Waals surface area (Å²) in [6.45, 7) is 4.11. The molecule has 0 bridgehead atoms. The fourth-order valence-corrected chi connectivity index (χ4v) is 2.48. The number of benzene rings is 1. The molecular weight excluding hydrogens is 300 g/mol. The number of thioether (sulfide) groups is 1. The summed E-state index contributed by atoms with van der Waals surface area (Å²) in [6.07, 6.45) is 0.